The minimum atomic E-state index is -0.0535. The minimum Gasteiger partial charge on any atom is -0.275 e. The van der Waals surface area contributed by atoms with Gasteiger partial charge in [0.2, 0.25) is 5.95 Å². The molecule has 1 aromatic rings. The van der Waals surface area contributed by atoms with E-state index in [1.165, 1.54) is 25.1 Å². The van der Waals surface area contributed by atoms with Crippen molar-refractivity contribution in [2.45, 2.75) is 37.8 Å². The topological polar surface area (TPSA) is 38.1 Å². The number of hydrogen-bond acceptors (Lipinski definition) is 3. The van der Waals surface area contributed by atoms with Crippen LogP contribution in [0.2, 0.25) is 0 Å². The monoisotopic (exact) mass is 225 g/mol. The minimum absolute atomic E-state index is 0.00516. The van der Waals surface area contributed by atoms with Crippen LogP contribution in [0, 0.1) is 0 Å². The Morgan fingerprint density at radius 2 is 2.13 bits per heavy atom. The summed E-state index contributed by atoms with van der Waals surface area (Å²) in [5.74, 6) is 0.603. The summed E-state index contributed by atoms with van der Waals surface area (Å²) in [5, 5.41) is 0. The van der Waals surface area contributed by atoms with Gasteiger partial charge in [-0.1, -0.05) is 12.8 Å². The van der Waals surface area contributed by atoms with Crippen LogP contribution in [0.3, 0.4) is 0 Å². The molecule has 0 amide bonds. The van der Waals surface area contributed by atoms with Crippen molar-refractivity contribution in [3.05, 3.63) is 22.6 Å². The molecule has 0 N–H and O–H groups in total. The Labute approximate surface area is 92.6 Å². The maximum atomic E-state index is 11.6. The fourth-order valence-corrected chi connectivity index (χ4v) is 3.04. The maximum absolute atomic E-state index is 11.6. The van der Waals surface area contributed by atoms with Crippen LogP contribution in [-0.2, 0) is 6.54 Å². The van der Waals surface area contributed by atoms with E-state index in [2.05, 4.69) is 4.98 Å². The zero-order valence-corrected chi connectivity index (χ0v) is 9.07. The van der Waals surface area contributed by atoms with Crippen molar-refractivity contribution in [1.29, 1.82) is 0 Å². The molecule has 0 atom stereocenters. The maximum Gasteiger partial charge on any atom is 0.254 e. The van der Waals surface area contributed by atoms with Gasteiger partial charge in [-0.3, -0.25) is 9.36 Å². The Bertz CT molecular complexity index is 450. The van der Waals surface area contributed by atoms with Crippen molar-refractivity contribution in [2.75, 3.05) is 4.42 Å². The third kappa shape index (κ3) is 1.14. The SMILES string of the molecule is O=c1ccnc2n1CC1(CCCC1)N2Cl. The smallest absolute Gasteiger partial charge is 0.254 e. The Morgan fingerprint density at radius 1 is 1.40 bits per heavy atom. The van der Waals surface area contributed by atoms with E-state index in [9.17, 15) is 4.79 Å². The lowest BCUT2D eigenvalue weighted by Crippen LogP contribution is -2.38. The van der Waals surface area contributed by atoms with Gasteiger partial charge in [0.25, 0.3) is 5.56 Å². The van der Waals surface area contributed by atoms with E-state index in [-0.39, 0.29) is 11.1 Å². The summed E-state index contributed by atoms with van der Waals surface area (Å²) < 4.78 is 3.36. The molecule has 4 nitrogen and oxygen atoms in total. The number of anilines is 1. The van der Waals surface area contributed by atoms with E-state index in [4.69, 9.17) is 11.8 Å². The molecular weight excluding hydrogens is 214 g/mol. The number of aromatic nitrogens is 2. The first-order valence-electron chi connectivity index (χ1n) is 5.25. The first-order valence-corrected chi connectivity index (χ1v) is 5.59. The van der Waals surface area contributed by atoms with Crippen molar-refractivity contribution in [1.82, 2.24) is 9.55 Å². The molecule has 3 rings (SSSR count). The average Bonchev–Trinajstić information content (AvgIpc) is 2.79. The molecule has 0 unspecified atom stereocenters. The summed E-state index contributed by atoms with van der Waals surface area (Å²) >= 11 is 6.29. The first-order chi connectivity index (χ1) is 7.23. The van der Waals surface area contributed by atoms with Crippen LogP contribution in [0.15, 0.2) is 17.1 Å². The lowest BCUT2D eigenvalue weighted by Gasteiger charge is -2.28. The van der Waals surface area contributed by atoms with Crippen molar-refractivity contribution >= 4 is 17.7 Å². The molecule has 0 radical (unpaired) electrons. The average molecular weight is 226 g/mol. The lowest BCUT2D eigenvalue weighted by atomic mass is 9.99. The van der Waals surface area contributed by atoms with Gasteiger partial charge in [0.15, 0.2) is 0 Å². The molecule has 1 aliphatic carbocycles. The van der Waals surface area contributed by atoms with Crippen molar-refractivity contribution < 1.29 is 0 Å². The van der Waals surface area contributed by atoms with Crippen molar-refractivity contribution in [3.63, 3.8) is 0 Å². The summed E-state index contributed by atoms with van der Waals surface area (Å²) in [6.45, 7) is 0.693. The quantitative estimate of drug-likeness (QED) is 0.629. The van der Waals surface area contributed by atoms with Crippen LogP contribution in [0.1, 0.15) is 25.7 Å². The number of hydrogen-bond donors (Lipinski definition) is 0. The predicted molar refractivity (Wildman–Crippen MR) is 58.0 cm³/mol. The third-order valence-electron chi connectivity index (χ3n) is 3.49. The summed E-state index contributed by atoms with van der Waals surface area (Å²) in [6, 6.07) is 1.49. The van der Waals surface area contributed by atoms with Gasteiger partial charge in [-0.2, -0.15) is 0 Å². The highest BCUT2D eigenvalue weighted by atomic mass is 35.5. The Kier molecular flexibility index (Phi) is 1.83. The molecule has 1 aromatic heterocycles. The standard InChI is InChI=1S/C10H12ClN3O/c11-14-9-12-6-3-8(15)13(9)7-10(14)4-1-2-5-10/h3,6H,1-2,4-5,7H2. The predicted octanol–water partition coefficient (Wildman–Crippen LogP) is 1.53. The molecule has 0 saturated heterocycles. The van der Waals surface area contributed by atoms with Gasteiger partial charge >= 0.3 is 0 Å². The molecule has 1 aliphatic heterocycles. The van der Waals surface area contributed by atoms with Crippen LogP contribution < -0.4 is 9.98 Å². The van der Waals surface area contributed by atoms with Crippen LogP contribution in [0.25, 0.3) is 0 Å². The second-order valence-corrected chi connectivity index (χ2v) is 4.72. The van der Waals surface area contributed by atoms with E-state index < -0.39 is 0 Å². The Hall–Kier alpha value is -1.03. The highest BCUT2D eigenvalue weighted by Gasteiger charge is 2.46. The van der Waals surface area contributed by atoms with Crippen LogP contribution >= 0.6 is 11.8 Å². The Morgan fingerprint density at radius 3 is 2.80 bits per heavy atom. The number of rotatable bonds is 0. The van der Waals surface area contributed by atoms with E-state index in [1.54, 1.807) is 8.99 Å². The zero-order valence-electron chi connectivity index (χ0n) is 8.32. The summed E-state index contributed by atoms with van der Waals surface area (Å²) in [6.07, 6.45) is 6.01. The second kappa shape index (κ2) is 2.98. The van der Waals surface area contributed by atoms with Gasteiger partial charge in [-0.25, -0.2) is 9.40 Å². The largest absolute Gasteiger partial charge is 0.275 e. The Balaban J connectivity index is 2.12. The summed E-state index contributed by atoms with van der Waals surface area (Å²) in [7, 11) is 0. The van der Waals surface area contributed by atoms with Crippen LogP contribution in [0.4, 0.5) is 5.95 Å². The molecule has 0 bridgehead atoms. The molecule has 0 aromatic carbocycles. The van der Waals surface area contributed by atoms with Gasteiger partial charge in [-0.15, -0.1) is 0 Å². The molecule has 15 heavy (non-hydrogen) atoms. The van der Waals surface area contributed by atoms with Crippen LogP contribution in [0.5, 0.6) is 0 Å². The second-order valence-electron chi connectivity index (χ2n) is 4.38. The van der Waals surface area contributed by atoms with Gasteiger partial charge in [0.05, 0.1) is 12.1 Å². The van der Waals surface area contributed by atoms with E-state index in [1.807, 2.05) is 0 Å². The van der Waals surface area contributed by atoms with Gasteiger partial charge in [-0.05, 0) is 12.8 Å². The van der Waals surface area contributed by atoms with Gasteiger partial charge in [0.1, 0.15) is 0 Å². The lowest BCUT2D eigenvalue weighted by molar-refractivity contribution is 0.423. The molecule has 5 heteroatoms. The highest BCUT2D eigenvalue weighted by Crippen LogP contribution is 2.43. The van der Waals surface area contributed by atoms with E-state index >= 15 is 0 Å². The fraction of sp³-hybridized carbons (Fsp3) is 0.600. The molecule has 1 saturated carbocycles. The van der Waals surface area contributed by atoms with Gasteiger partial charge < -0.3 is 0 Å². The summed E-state index contributed by atoms with van der Waals surface area (Å²) in [4.78, 5) is 15.8. The molecule has 80 valence electrons. The highest BCUT2D eigenvalue weighted by molar-refractivity contribution is 6.26. The number of nitrogens with zero attached hydrogens (tertiary/aromatic N) is 3. The number of halogens is 1. The van der Waals surface area contributed by atoms with Crippen LogP contribution in [-0.4, -0.2) is 15.1 Å². The van der Waals surface area contributed by atoms with Gasteiger partial charge in [0, 0.05) is 24.0 Å². The summed E-state index contributed by atoms with van der Waals surface area (Å²) in [5.41, 5.74) is -0.0587. The number of fused-ring (bicyclic) bond motifs is 1. The molecular formula is C10H12ClN3O. The molecule has 2 aliphatic rings. The molecule has 1 spiro atoms. The van der Waals surface area contributed by atoms with Crippen molar-refractivity contribution in [2.24, 2.45) is 0 Å². The molecule has 2 heterocycles. The van der Waals surface area contributed by atoms with E-state index in [0.29, 0.717) is 12.5 Å². The fourth-order valence-electron chi connectivity index (χ4n) is 2.69. The zero-order chi connectivity index (χ0) is 10.5. The third-order valence-corrected chi connectivity index (χ3v) is 4.00. The first kappa shape index (κ1) is 9.21. The van der Waals surface area contributed by atoms with E-state index in [0.717, 1.165) is 12.8 Å². The molecule has 1 fully saturated rings. The van der Waals surface area contributed by atoms with Crippen molar-refractivity contribution in [3.8, 4) is 0 Å². The normalized spacial score (nSPS) is 22.3.